The quantitative estimate of drug-likeness (QED) is 0.0183. The molecule has 0 fully saturated rings. The second kappa shape index (κ2) is 27.9. The van der Waals surface area contributed by atoms with Crippen molar-refractivity contribution in [3.63, 3.8) is 0 Å². The van der Waals surface area contributed by atoms with E-state index in [0.717, 1.165) is 109 Å². The van der Waals surface area contributed by atoms with Crippen LogP contribution in [0.25, 0.3) is 33.4 Å². The first-order valence-corrected chi connectivity index (χ1v) is 24.9. The van der Waals surface area contributed by atoms with Crippen molar-refractivity contribution in [2.24, 2.45) is 5.73 Å². The summed E-state index contributed by atoms with van der Waals surface area (Å²) in [5.74, 6) is 0.285. The summed E-state index contributed by atoms with van der Waals surface area (Å²) >= 11 is 0. The number of nitrogens with two attached hydrogens (primary N) is 1. The standard InChI is InChI=1S/C54H79N7O5/c1-9-59(10-2)41-29-32-44-48(37-41)66-49-38-42(60(11-3)12-4)30-33-45(49)51(44)43-31-28-40(36-46(43)54(65)61(13-5)14-6)58-53(64)47(55)26-23-25-34-56-50(62)27-22-20-18-16-15-17-19-21-24-35-57-52(63)39(7)8/h28-33,36-38,47H,7,9-27,34-35,55H2,1-6,8H3,(H2,56,57,62,63)/p+1. The van der Waals surface area contributed by atoms with E-state index in [9.17, 15) is 19.2 Å². The first-order valence-electron chi connectivity index (χ1n) is 24.9. The first-order chi connectivity index (χ1) is 31.9. The number of nitrogens with one attached hydrogen (secondary N) is 3. The fourth-order valence-corrected chi connectivity index (χ4v) is 8.60. The number of rotatable bonds is 29. The lowest BCUT2D eigenvalue weighted by atomic mass is 9.89. The molecule has 12 heteroatoms. The summed E-state index contributed by atoms with van der Waals surface area (Å²) in [5.41, 5.74) is 12.3. The van der Waals surface area contributed by atoms with Gasteiger partial charge < -0.3 is 35.9 Å². The Labute approximate surface area is 394 Å². The lowest BCUT2D eigenvalue weighted by Crippen LogP contribution is -2.36. The van der Waals surface area contributed by atoms with Gasteiger partial charge in [-0.15, -0.1) is 0 Å². The van der Waals surface area contributed by atoms with Crippen molar-refractivity contribution < 1.29 is 23.6 Å². The highest BCUT2D eigenvalue weighted by Crippen LogP contribution is 2.43. The largest absolute Gasteiger partial charge is 0.456 e. The second-order valence-corrected chi connectivity index (χ2v) is 17.3. The van der Waals surface area contributed by atoms with Gasteiger partial charge in [-0.05, 0) is 116 Å². The molecular weight excluding hydrogens is 827 g/mol. The van der Waals surface area contributed by atoms with E-state index in [1.54, 1.807) is 17.9 Å². The van der Waals surface area contributed by atoms with E-state index >= 15 is 0 Å². The Morgan fingerprint density at radius 2 is 1.33 bits per heavy atom. The van der Waals surface area contributed by atoms with Gasteiger partial charge in [0.25, 0.3) is 5.91 Å². The monoisotopic (exact) mass is 907 g/mol. The average Bonchev–Trinajstić information content (AvgIpc) is 3.31. The maximum absolute atomic E-state index is 14.4. The van der Waals surface area contributed by atoms with E-state index in [1.165, 1.54) is 25.7 Å². The summed E-state index contributed by atoms with van der Waals surface area (Å²) in [5, 5.41) is 10.9. The van der Waals surface area contributed by atoms with Crippen LogP contribution in [-0.2, 0) is 14.4 Å². The molecule has 0 bridgehead atoms. The van der Waals surface area contributed by atoms with Gasteiger partial charge in [0.05, 0.1) is 12.1 Å². The van der Waals surface area contributed by atoms with Crippen LogP contribution < -0.4 is 36.5 Å². The molecule has 1 unspecified atom stereocenters. The van der Waals surface area contributed by atoms with Crippen LogP contribution in [0.15, 0.2) is 71.2 Å². The van der Waals surface area contributed by atoms with Crippen molar-refractivity contribution in [1.29, 1.82) is 0 Å². The molecule has 0 radical (unpaired) electrons. The molecule has 66 heavy (non-hydrogen) atoms. The number of benzene rings is 3. The van der Waals surface area contributed by atoms with Crippen LogP contribution in [0, 0.1) is 0 Å². The zero-order valence-corrected chi connectivity index (χ0v) is 41.3. The van der Waals surface area contributed by atoms with Crippen LogP contribution in [0.5, 0.6) is 0 Å². The van der Waals surface area contributed by atoms with Crippen molar-refractivity contribution >= 4 is 46.0 Å². The predicted molar refractivity (Wildman–Crippen MR) is 273 cm³/mol. The third-order valence-electron chi connectivity index (χ3n) is 12.6. The van der Waals surface area contributed by atoms with Gasteiger partial charge in [0, 0.05) is 96.8 Å². The number of nitrogens with zero attached hydrogens (tertiary/aromatic N) is 3. The summed E-state index contributed by atoms with van der Waals surface area (Å²) in [4.78, 5) is 56.0. The summed E-state index contributed by atoms with van der Waals surface area (Å²) in [6, 6.07) is 17.4. The van der Waals surface area contributed by atoms with Crippen molar-refractivity contribution in [2.45, 2.75) is 138 Å². The topological polar surface area (TPSA) is 153 Å². The smallest absolute Gasteiger partial charge is 0.254 e. The Hall–Kier alpha value is -5.49. The average molecular weight is 907 g/mol. The normalized spacial score (nSPS) is 11.6. The van der Waals surface area contributed by atoms with E-state index in [2.05, 4.69) is 96.1 Å². The molecule has 1 aliphatic carbocycles. The number of hydrogen-bond acceptors (Lipinski definition) is 7. The predicted octanol–water partition coefficient (Wildman–Crippen LogP) is 9.49. The van der Waals surface area contributed by atoms with Gasteiger partial charge in [-0.2, -0.15) is 0 Å². The minimum absolute atomic E-state index is 0.0638. The molecule has 0 saturated heterocycles. The maximum atomic E-state index is 14.4. The molecule has 2 aromatic carbocycles. The van der Waals surface area contributed by atoms with E-state index in [0.29, 0.717) is 62.3 Å². The van der Waals surface area contributed by atoms with Crippen LogP contribution in [-0.4, -0.2) is 86.9 Å². The number of anilines is 2. The highest BCUT2D eigenvalue weighted by Gasteiger charge is 2.26. The molecule has 1 aliphatic heterocycles. The molecule has 4 rings (SSSR count). The zero-order valence-electron chi connectivity index (χ0n) is 41.3. The van der Waals surface area contributed by atoms with Crippen LogP contribution in [0.2, 0.25) is 0 Å². The van der Waals surface area contributed by atoms with E-state index in [1.807, 2.05) is 26.0 Å². The highest BCUT2D eigenvalue weighted by molar-refractivity contribution is 6.10. The lowest BCUT2D eigenvalue weighted by Gasteiger charge is -2.24. The van der Waals surface area contributed by atoms with Crippen LogP contribution in [0.1, 0.15) is 142 Å². The molecule has 2 aliphatic rings. The van der Waals surface area contributed by atoms with Crippen molar-refractivity contribution in [3.8, 4) is 22.5 Å². The maximum Gasteiger partial charge on any atom is 0.254 e. The Balaban J connectivity index is 1.37. The Morgan fingerprint density at radius 3 is 1.97 bits per heavy atom. The van der Waals surface area contributed by atoms with Crippen molar-refractivity contribution in [3.05, 3.63) is 77.7 Å². The lowest BCUT2D eigenvalue weighted by molar-refractivity contribution is -0.121. The fourth-order valence-electron chi connectivity index (χ4n) is 8.60. The summed E-state index contributed by atoms with van der Waals surface area (Å²) in [6.45, 7) is 23.6. The molecule has 12 nitrogen and oxygen atoms in total. The molecule has 5 N–H and O–H groups in total. The molecule has 4 amide bonds. The van der Waals surface area contributed by atoms with Gasteiger partial charge in [-0.1, -0.05) is 57.6 Å². The second-order valence-electron chi connectivity index (χ2n) is 17.3. The van der Waals surface area contributed by atoms with Crippen LogP contribution >= 0.6 is 0 Å². The van der Waals surface area contributed by atoms with Gasteiger partial charge >= 0.3 is 0 Å². The summed E-state index contributed by atoms with van der Waals surface area (Å²) in [6.07, 6.45) is 12.3. The third kappa shape index (κ3) is 15.3. The first kappa shape index (κ1) is 53.1. The van der Waals surface area contributed by atoms with Crippen LogP contribution in [0.3, 0.4) is 0 Å². The molecule has 2 aromatic rings. The summed E-state index contributed by atoms with van der Waals surface area (Å²) in [7, 11) is 0. The number of carbonyl (C=O) groups excluding carboxylic acids is 4. The van der Waals surface area contributed by atoms with Crippen molar-refractivity contribution in [2.75, 3.05) is 62.6 Å². The van der Waals surface area contributed by atoms with Crippen LogP contribution in [0.4, 0.5) is 11.4 Å². The zero-order chi connectivity index (χ0) is 48.0. The molecular formula is C54H80N7O5+. The summed E-state index contributed by atoms with van der Waals surface area (Å²) < 4.78 is 9.01. The number of hydrogen-bond donors (Lipinski definition) is 4. The molecule has 0 aromatic heterocycles. The Bertz CT molecular complexity index is 2250. The molecule has 1 heterocycles. The van der Waals surface area contributed by atoms with Gasteiger partial charge in [0.15, 0.2) is 0 Å². The SMILES string of the molecule is C=C(C)C(=O)NCCCCCCCCCCCC(=O)NCCCCC(N)C(=O)Nc1ccc(-c2c3ccc(=[N+](CC)CC)cc-3oc3cc(N(CC)CC)ccc23)c(C(=O)N(CC)CC)c1. The van der Waals surface area contributed by atoms with E-state index in [4.69, 9.17) is 10.2 Å². The van der Waals surface area contributed by atoms with E-state index < -0.39 is 6.04 Å². The minimum atomic E-state index is -0.750. The van der Waals surface area contributed by atoms with Gasteiger partial charge in [0.2, 0.25) is 23.1 Å². The Kier molecular flexibility index (Phi) is 22.4. The number of amides is 4. The molecule has 1 atom stereocenters. The minimum Gasteiger partial charge on any atom is -0.456 e. The number of unbranched alkanes of at least 4 members (excludes halogenated alkanes) is 9. The van der Waals surface area contributed by atoms with Crippen molar-refractivity contribution in [1.82, 2.24) is 20.1 Å². The van der Waals surface area contributed by atoms with Gasteiger partial charge in [0.1, 0.15) is 24.4 Å². The fraction of sp³-hybridized carbons (Fsp3) is 0.537. The number of carbonyl (C=O) groups is 4. The van der Waals surface area contributed by atoms with Gasteiger partial charge in [-0.25, -0.2) is 4.58 Å². The number of fused-ring (bicyclic) bond motifs is 2. The molecule has 360 valence electrons. The molecule has 0 spiro atoms. The Morgan fingerprint density at radius 1 is 0.712 bits per heavy atom. The molecule has 0 saturated carbocycles. The van der Waals surface area contributed by atoms with E-state index in [-0.39, 0.29) is 23.6 Å². The third-order valence-corrected chi connectivity index (χ3v) is 12.6. The van der Waals surface area contributed by atoms with Gasteiger partial charge in [-0.3, -0.25) is 19.2 Å². The highest BCUT2D eigenvalue weighted by atomic mass is 16.3.